The standard InChI is InChI=1S/C10H13BrN2O2/c1-6(5-12)13-10(15)8-3-2-7(11)4-9(8)14/h2-4,6,14H,5,12H2,1H3,(H,13,15)/t6-/m1/s1. The van der Waals surface area contributed by atoms with Gasteiger partial charge in [0, 0.05) is 17.1 Å². The van der Waals surface area contributed by atoms with Gasteiger partial charge in [-0.05, 0) is 25.1 Å². The van der Waals surface area contributed by atoms with Crippen molar-refractivity contribution in [3.8, 4) is 5.75 Å². The Kier molecular flexibility index (Phi) is 4.11. The van der Waals surface area contributed by atoms with Gasteiger partial charge in [0.1, 0.15) is 5.75 Å². The summed E-state index contributed by atoms with van der Waals surface area (Å²) in [5.74, 6) is -0.371. The number of aromatic hydroxyl groups is 1. The molecule has 15 heavy (non-hydrogen) atoms. The molecule has 0 aliphatic carbocycles. The lowest BCUT2D eigenvalue weighted by molar-refractivity contribution is 0.0938. The Balaban J connectivity index is 2.82. The molecule has 0 aliphatic heterocycles. The highest BCUT2D eigenvalue weighted by Gasteiger charge is 2.12. The molecule has 4 nitrogen and oxygen atoms in total. The summed E-state index contributed by atoms with van der Waals surface area (Å²) in [5, 5.41) is 12.2. The Morgan fingerprint density at radius 1 is 1.67 bits per heavy atom. The summed E-state index contributed by atoms with van der Waals surface area (Å²) >= 11 is 3.20. The molecule has 0 heterocycles. The quantitative estimate of drug-likeness (QED) is 0.775. The van der Waals surface area contributed by atoms with Crippen LogP contribution in [0.4, 0.5) is 0 Å². The van der Waals surface area contributed by atoms with Crippen LogP contribution in [-0.4, -0.2) is 23.6 Å². The number of benzene rings is 1. The van der Waals surface area contributed by atoms with Gasteiger partial charge >= 0.3 is 0 Å². The molecular weight excluding hydrogens is 260 g/mol. The van der Waals surface area contributed by atoms with Crippen molar-refractivity contribution in [1.82, 2.24) is 5.32 Å². The van der Waals surface area contributed by atoms with Crippen LogP contribution in [0.15, 0.2) is 22.7 Å². The molecule has 5 heteroatoms. The smallest absolute Gasteiger partial charge is 0.255 e. The van der Waals surface area contributed by atoms with Gasteiger partial charge in [0.2, 0.25) is 0 Å². The fourth-order valence-corrected chi connectivity index (χ4v) is 1.41. The number of rotatable bonds is 3. The summed E-state index contributed by atoms with van der Waals surface area (Å²) in [4.78, 5) is 11.6. The predicted molar refractivity (Wildman–Crippen MR) is 61.8 cm³/mol. The summed E-state index contributed by atoms with van der Waals surface area (Å²) < 4.78 is 0.725. The molecule has 0 radical (unpaired) electrons. The Labute approximate surface area is 96.6 Å². The van der Waals surface area contributed by atoms with Gasteiger partial charge in [0.15, 0.2) is 0 Å². The van der Waals surface area contributed by atoms with E-state index >= 15 is 0 Å². The van der Waals surface area contributed by atoms with Gasteiger partial charge in [-0.15, -0.1) is 0 Å². The average molecular weight is 273 g/mol. The van der Waals surface area contributed by atoms with E-state index in [9.17, 15) is 9.90 Å². The lowest BCUT2D eigenvalue weighted by Gasteiger charge is -2.12. The topological polar surface area (TPSA) is 75.3 Å². The van der Waals surface area contributed by atoms with E-state index in [1.54, 1.807) is 19.1 Å². The van der Waals surface area contributed by atoms with Crippen LogP contribution in [0, 0.1) is 0 Å². The summed E-state index contributed by atoms with van der Waals surface area (Å²) in [6.45, 7) is 2.16. The maximum absolute atomic E-state index is 11.6. The normalized spacial score (nSPS) is 12.2. The molecule has 1 rings (SSSR count). The second kappa shape index (κ2) is 5.14. The van der Waals surface area contributed by atoms with Crippen LogP contribution in [0.5, 0.6) is 5.75 Å². The number of nitrogens with two attached hydrogens (primary N) is 1. The van der Waals surface area contributed by atoms with Gasteiger partial charge in [-0.2, -0.15) is 0 Å². The van der Waals surface area contributed by atoms with Gasteiger partial charge < -0.3 is 16.2 Å². The minimum Gasteiger partial charge on any atom is -0.507 e. The van der Waals surface area contributed by atoms with Crippen LogP contribution in [0.2, 0.25) is 0 Å². The van der Waals surface area contributed by atoms with Crippen LogP contribution in [0.3, 0.4) is 0 Å². The third kappa shape index (κ3) is 3.21. The monoisotopic (exact) mass is 272 g/mol. The zero-order valence-corrected chi connectivity index (χ0v) is 9.91. The Bertz CT molecular complexity index is 368. The van der Waals surface area contributed by atoms with Crippen molar-refractivity contribution < 1.29 is 9.90 Å². The molecule has 0 unspecified atom stereocenters. The molecule has 0 aromatic heterocycles. The molecule has 1 atom stereocenters. The van der Waals surface area contributed by atoms with Crippen molar-refractivity contribution in [1.29, 1.82) is 0 Å². The lowest BCUT2D eigenvalue weighted by atomic mass is 10.2. The number of amides is 1. The summed E-state index contributed by atoms with van der Waals surface area (Å²) in [6, 6.07) is 4.61. The molecule has 0 aliphatic rings. The van der Waals surface area contributed by atoms with Gasteiger partial charge in [0.25, 0.3) is 5.91 Å². The molecule has 0 fully saturated rings. The van der Waals surface area contributed by atoms with E-state index in [1.807, 2.05) is 0 Å². The Morgan fingerprint density at radius 3 is 2.87 bits per heavy atom. The van der Waals surface area contributed by atoms with Crippen LogP contribution in [-0.2, 0) is 0 Å². The largest absolute Gasteiger partial charge is 0.507 e. The van der Waals surface area contributed by atoms with Crippen LogP contribution >= 0.6 is 15.9 Å². The van der Waals surface area contributed by atoms with E-state index in [1.165, 1.54) is 6.07 Å². The number of nitrogens with one attached hydrogen (secondary N) is 1. The zero-order chi connectivity index (χ0) is 11.4. The number of phenols is 1. The van der Waals surface area contributed by atoms with Crippen molar-refractivity contribution in [3.63, 3.8) is 0 Å². The summed E-state index contributed by atoms with van der Waals surface area (Å²) in [6.07, 6.45) is 0. The molecule has 0 saturated carbocycles. The highest BCUT2D eigenvalue weighted by atomic mass is 79.9. The fourth-order valence-electron chi connectivity index (χ4n) is 1.06. The minimum atomic E-state index is -0.321. The Hall–Kier alpha value is -1.07. The first-order chi connectivity index (χ1) is 7.04. The van der Waals surface area contributed by atoms with Crippen LogP contribution in [0.1, 0.15) is 17.3 Å². The van der Waals surface area contributed by atoms with Crippen molar-refractivity contribution in [2.75, 3.05) is 6.54 Å². The highest BCUT2D eigenvalue weighted by Crippen LogP contribution is 2.22. The average Bonchev–Trinajstić information content (AvgIpc) is 2.17. The summed E-state index contributed by atoms with van der Waals surface area (Å²) in [5.41, 5.74) is 5.62. The summed E-state index contributed by atoms with van der Waals surface area (Å²) in [7, 11) is 0. The number of carbonyl (C=O) groups is 1. The van der Waals surface area contributed by atoms with Gasteiger partial charge in [-0.25, -0.2) is 0 Å². The van der Waals surface area contributed by atoms with E-state index in [0.29, 0.717) is 6.54 Å². The number of carbonyl (C=O) groups excluding carboxylic acids is 1. The first kappa shape index (κ1) is 12.0. The van der Waals surface area contributed by atoms with Crippen molar-refractivity contribution >= 4 is 21.8 Å². The second-order valence-corrected chi connectivity index (χ2v) is 4.19. The molecule has 4 N–H and O–H groups in total. The predicted octanol–water partition coefficient (Wildman–Crippen LogP) is 1.23. The zero-order valence-electron chi connectivity index (χ0n) is 8.33. The molecule has 0 spiro atoms. The van der Waals surface area contributed by atoms with E-state index in [0.717, 1.165) is 4.47 Å². The third-order valence-electron chi connectivity index (χ3n) is 1.94. The van der Waals surface area contributed by atoms with Crippen LogP contribution < -0.4 is 11.1 Å². The third-order valence-corrected chi connectivity index (χ3v) is 2.43. The fraction of sp³-hybridized carbons (Fsp3) is 0.300. The lowest BCUT2D eigenvalue weighted by Crippen LogP contribution is -2.37. The maximum atomic E-state index is 11.6. The molecule has 1 aromatic carbocycles. The van der Waals surface area contributed by atoms with E-state index in [4.69, 9.17) is 5.73 Å². The maximum Gasteiger partial charge on any atom is 0.255 e. The Morgan fingerprint density at radius 2 is 2.33 bits per heavy atom. The number of phenolic OH excluding ortho intramolecular Hbond substituents is 1. The van der Waals surface area contributed by atoms with E-state index in [2.05, 4.69) is 21.2 Å². The second-order valence-electron chi connectivity index (χ2n) is 3.27. The number of hydrogen-bond donors (Lipinski definition) is 3. The first-order valence-corrected chi connectivity index (χ1v) is 5.33. The number of halogens is 1. The highest BCUT2D eigenvalue weighted by molar-refractivity contribution is 9.10. The van der Waals surface area contributed by atoms with Gasteiger partial charge in [-0.3, -0.25) is 4.79 Å². The van der Waals surface area contributed by atoms with Gasteiger partial charge in [-0.1, -0.05) is 15.9 Å². The van der Waals surface area contributed by atoms with Crippen molar-refractivity contribution in [2.45, 2.75) is 13.0 Å². The van der Waals surface area contributed by atoms with E-state index in [-0.39, 0.29) is 23.3 Å². The molecule has 0 saturated heterocycles. The van der Waals surface area contributed by atoms with E-state index < -0.39 is 0 Å². The van der Waals surface area contributed by atoms with Gasteiger partial charge in [0.05, 0.1) is 5.56 Å². The van der Waals surface area contributed by atoms with Crippen molar-refractivity contribution in [2.24, 2.45) is 5.73 Å². The first-order valence-electron chi connectivity index (χ1n) is 4.54. The SMILES string of the molecule is C[C@H](CN)NC(=O)c1ccc(Br)cc1O. The van der Waals surface area contributed by atoms with Crippen LogP contribution in [0.25, 0.3) is 0 Å². The van der Waals surface area contributed by atoms with Crippen molar-refractivity contribution in [3.05, 3.63) is 28.2 Å². The molecular formula is C10H13BrN2O2. The molecule has 1 amide bonds. The minimum absolute atomic E-state index is 0.0499. The number of hydrogen-bond acceptors (Lipinski definition) is 3. The molecule has 0 bridgehead atoms. The molecule has 1 aromatic rings. The molecule has 82 valence electrons.